The van der Waals surface area contributed by atoms with Crippen LogP contribution in [0.15, 0.2) is 24.3 Å². The first-order chi connectivity index (χ1) is 8.21. The lowest BCUT2D eigenvalue weighted by molar-refractivity contribution is 0.192. The molecule has 0 bridgehead atoms. The van der Waals surface area contributed by atoms with Crippen LogP contribution in [-0.4, -0.2) is 35.7 Å². The van der Waals surface area contributed by atoms with Crippen LogP contribution in [0.3, 0.4) is 0 Å². The van der Waals surface area contributed by atoms with E-state index in [0.717, 1.165) is 12.1 Å². The SMILES string of the molecule is CCc1ccc(NC(=O)N(CC)CCO)cc1. The van der Waals surface area contributed by atoms with E-state index in [1.165, 1.54) is 5.56 Å². The maximum absolute atomic E-state index is 11.8. The molecule has 0 aromatic heterocycles. The molecule has 0 aliphatic rings. The van der Waals surface area contributed by atoms with Crippen molar-refractivity contribution in [1.29, 1.82) is 0 Å². The van der Waals surface area contributed by atoms with E-state index in [9.17, 15) is 4.79 Å². The second-order valence-corrected chi connectivity index (χ2v) is 3.78. The minimum absolute atomic E-state index is 0.0178. The molecule has 1 rings (SSSR count). The Morgan fingerprint density at radius 1 is 1.29 bits per heavy atom. The highest BCUT2D eigenvalue weighted by molar-refractivity contribution is 5.89. The third-order valence-corrected chi connectivity index (χ3v) is 2.65. The molecule has 0 atom stereocenters. The van der Waals surface area contributed by atoms with Crippen molar-refractivity contribution in [1.82, 2.24) is 4.90 Å². The predicted molar refractivity (Wildman–Crippen MR) is 69.2 cm³/mol. The summed E-state index contributed by atoms with van der Waals surface area (Å²) < 4.78 is 0. The quantitative estimate of drug-likeness (QED) is 0.822. The standard InChI is InChI=1S/C13H20N2O2/c1-3-11-5-7-12(8-6-11)14-13(17)15(4-2)9-10-16/h5-8,16H,3-4,9-10H2,1-2H3,(H,14,17). The molecule has 0 aliphatic heterocycles. The second kappa shape index (κ2) is 6.91. The van der Waals surface area contributed by atoms with Crippen LogP contribution in [0.2, 0.25) is 0 Å². The molecule has 0 saturated heterocycles. The average molecular weight is 236 g/mol. The summed E-state index contributed by atoms with van der Waals surface area (Å²) in [5.41, 5.74) is 2.02. The molecule has 0 heterocycles. The van der Waals surface area contributed by atoms with Gasteiger partial charge in [-0.1, -0.05) is 19.1 Å². The van der Waals surface area contributed by atoms with E-state index in [1.54, 1.807) is 4.90 Å². The zero-order valence-corrected chi connectivity index (χ0v) is 10.4. The third kappa shape index (κ3) is 4.07. The Bertz CT molecular complexity index is 349. The molecule has 0 saturated carbocycles. The minimum Gasteiger partial charge on any atom is -0.395 e. The van der Waals surface area contributed by atoms with Crippen LogP contribution in [0.5, 0.6) is 0 Å². The average Bonchev–Trinajstić information content (AvgIpc) is 2.36. The molecule has 2 N–H and O–H groups in total. The van der Waals surface area contributed by atoms with Crippen molar-refractivity contribution in [2.75, 3.05) is 25.0 Å². The van der Waals surface area contributed by atoms with Gasteiger partial charge in [0.2, 0.25) is 0 Å². The lowest BCUT2D eigenvalue weighted by atomic mass is 10.1. The number of rotatable bonds is 5. The molecule has 1 aromatic rings. The van der Waals surface area contributed by atoms with Gasteiger partial charge >= 0.3 is 6.03 Å². The Kier molecular flexibility index (Phi) is 5.49. The van der Waals surface area contributed by atoms with E-state index in [0.29, 0.717) is 13.1 Å². The lowest BCUT2D eigenvalue weighted by Crippen LogP contribution is -2.36. The smallest absolute Gasteiger partial charge is 0.321 e. The van der Waals surface area contributed by atoms with Crippen LogP contribution in [0, 0.1) is 0 Å². The van der Waals surface area contributed by atoms with Crippen molar-refractivity contribution in [3.63, 3.8) is 0 Å². The van der Waals surface area contributed by atoms with Crippen LogP contribution < -0.4 is 5.32 Å². The Hall–Kier alpha value is -1.55. The van der Waals surface area contributed by atoms with Crippen LogP contribution in [0.1, 0.15) is 19.4 Å². The number of aliphatic hydroxyl groups excluding tert-OH is 1. The molecule has 0 radical (unpaired) electrons. The monoisotopic (exact) mass is 236 g/mol. The number of benzene rings is 1. The first-order valence-electron chi connectivity index (χ1n) is 5.97. The minimum atomic E-state index is -0.175. The molecular formula is C13H20N2O2. The number of aryl methyl sites for hydroxylation is 1. The lowest BCUT2D eigenvalue weighted by Gasteiger charge is -2.20. The van der Waals surface area contributed by atoms with E-state index in [4.69, 9.17) is 5.11 Å². The van der Waals surface area contributed by atoms with E-state index in [1.807, 2.05) is 31.2 Å². The van der Waals surface area contributed by atoms with Gasteiger partial charge < -0.3 is 15.3 Å². The zero-order chi connectivity index (χ0) is 12.7. The molecule has 0 unspecified atom stereocenters. The molecule has 0 spiro atoms. The summed E-state index contributed by atoms with van der Waals surface area (Å²) in [5, 5.41) is 11.6. The first-order valence-corrected chi connectivity index (χ1v) is 5.97. The highest BCUT2D eigenvalue weighted by Gasteiger charge is 2.10. The van der Waals surface area contributed by atoms with E-state index < -0.39 is 0 Å². The van der Waals surface area contributed by atoms with E-state index in [-0.39, 0.29) is 12.6 Å². The second-order valence-electron chi connectivity index (χ2n) is 3.78. The summed E-state index contributed by atoms with van der Waals surface area (Å²) >= 11 is 0. The van der Waals surface area contributed by atoms with Crippen LogP contribution in [0.4, 0.5) is 10.5 Å². The molecule has 94 valence electrons. The van der Waals surface area contributed by atoms with Gasteiger partial charge in [-0.05, 0) is 31.0 Å². The number of carbonyl (C=O) groups is 1. The summed E-state index contributed by atoms with van der Waals surface area (Å²) in [5.74, 6) is 0. The van der Waals surface area contributed by atoms with Crippen molar-refractivity contribution < 1.29 is 9.90 Å². The maximum atomic E-state index is 11.8. The van der Waals surface area contributed by atoms with E-state index in [2.05, 4.69) is 12.2 Å². The highest BCUT2D eigenvalue weighted by Crippen LogP contribution is 2.10. The maximum Gasteiger partial charge on any atom is 0.321 e. The van der Waals surface area contributed by atoms with Gasteiger partial charge in [-0.2, -0.15) is 0 Å². The Labute approximate surface area is 102 Å². The number of nitrogens with zero attached hydrogens (tertiary/aromatic N) is 1. The summed E-state index contributed by atoms with van der Waals surface area (Å²) in [6.45, 7) is 4.90. The Morgan fingerprint density at radius 3 is 2.41 bits per heavy atom. The molecule has 0 fully saturated rings. The molecule has 2 amide bonds. The summed E-state index contributed by atoms with van der Waals surface area (Å²) in [6.07, 6.45) is 0.986. The van der Waals surface area contributed by atoms with Crippen LogP contribution in [0.25, 0.3) is 0 Å². The van der Waals surface area contributed by atoms with Gasteiger partial charge in [0.05, 0.1) is 6.61 Å². The number of likely N-dealkylation sites (N-methyl/N-ethyl adjacent to an activating group) is 1. The number of nitrogens with one attached hydrogen (secondary N) is 1. The van der Waals surface area contributed by atoms with Crippen molar-refractivity contribution in [2.45, 2.75) is 20.3 Å². The van der Waals surface area contributed by atoms with Gasteiger partial charge in [0.15, 0.2) is 0 Å². The van der Waals surface area contributed by atoms with Gasteiger partial charge in [0.1, 0.15) is 0 Å². The fourth-order valence-corrected chi connectivity index (χ4v) is 1.55. The number of hydrogen-bond donors (Lipinski definition) is 2. The zero-order valence-electron chi connectivity index (χ0n) is 10.4. The number of hydrogen-bond acceptors (Lipinski definition) is 2. The predicted octanol–water partition coefficient (Wildman–Crippen LogP) is 2.10. The van der Waals surface area contributed by atoms with Gasteiger partial charge in [-0.3, -0.25) is 0 Å². The first kappa shape index (κ1) is 13.5. The molecule has 0 aliphatic carbocycles. The molecule has 1 aromatic carbocycles. The largest absolute Gasteiger partial charge is 0.395 e. The number of aliphatic hydroxyl groups is 1. The van der Waals surface area contributed by atoms with Crippen molar-refractivity contribution in [3.8, 4) is 0 Å². The molecular weight excluding hydrogens is 216 g/mol. The molecule has 4 nitrogen and oxygen atoms in total. The summed E-state index contributed by atoms with van der Waals surface area (Å²) in [4.78, 5) is 13.4. The Morgan fingerprint density at radius 2 is 1.94 bits per heavy atom. The van der Waals surface area contributed by atoms with Gasteiger partial charge in [0.25, 0.3) is 0 Å². The summed E-state index contributed by atoms with van der Waals surface area (Å²) in [6, 6.07) is 7.61. The number of urea groups is 1. The van der Waals surface area contributed by atoms with Crippen molar-refractivity contribution in [2.24, 2.45) is 0 Å². The van der Waals surface area contributed by atoms with Gasteiger partial charge in [-0.15, -0.1) is 0 Å². The van der Waals surface area contributed by atoms with E-state index >= 15 is 0 Å². The molecule has 17 heavy (non-hydrogen) atoms. The van der Waals surface area contributed by atoms with Crippen LogP contribution in [-0.2, 0) is 6.42 Å². The fourth-order valence-electron chi connectivity index (χ4n) is 1.55. The normalized spacial score (nSPS) is 10.1. The fraction of sp³-hybridized carbons (Fsp3) is 0.462. The van der Waals surface area contributed by atoms with Gasteiger partial charge in [-0.25, -0.2) is 4.79 Å². The highest BCUT2D eigenvalue weighted by atomic mass is 16.3. The number of carbonyl (C=O) groups excluding carboxylic acids is 1. The van der Waals surface area contributed by atoms with Crippen molar-refractivity contribution in [3.05, 3.63) is 29.8 Å². The third-order valence-electron chi connectivity index (χ3n) is 2.65. The van der Waals surface area contributed by atoms with Crippen LogP contribution >= 0.6 is 0 Å². The number of anilines is 1. The Balaban J connectivity index is 2.59. The summed E-state index contributed by atoms with van der Waals surface area (Å²) in [7, 11) is 0. The van der Waals surface area contributed by atoms with Gasteiger partial charge in [0, 0.05) is 18.8 Å². The van der Waals surface area contributed by atoms with Crippen molar-refractivity contribution >= 4 is 11.7 Å². The number of amides is 2. The topological polar surface area (TPSA) is 52.6 Å². The molecule has 4 heteroatoms.